The molecule has 38 heavy (non-hydrogen) atoms. The van der Waals surface area contributed by atoms with Gasteiger partial charge < -0.3 is 15.0 Å². The van der Waals surface area contributed by atoms with E-state index >= 15 is 4.39 Å². The SMILES string of the molecule is CN(C)[C@H]1CCCC[C@@H]1Nc1cc(F)c(S(=O)(=O)Nc2nc3ccc(OCC4CCCC4)cc3s2)cc1Cl. The minimum Gasteiger partial charge on any atom is -0.493 e. The summed E-state index contributed by atoms with van der Waals surface area (Å²) in [5.74, 6) is 0.457. The predicted molar refractivity (Wildman–Crippen MR) is 153 cm³/mol. The third-order valence-corrected chi connectivity index (χ3v) is 10.3. The molecular formula is C27H34ClFN4O3S2. The quantitative estimate of drug-likeness (QED) is 0.291. The summed E-state index contributed by atoms with van der Waals surface area (Å²) < 4.78 is 50.5. The van der Waals surface area contributed by atoms with Crippen LogP contribution in [0.15, 0.2) is 35.2 Å². The molecule has 0 aliphatic heterocycles. The molecule has 0 unspecified atom stereocenters. The highest BCUT2D eigenvalue weighted by Crippen LogP contribution is 2.35. The Morgan fingerprint density at radius 3 is 2.61 bits per heavy atom. The van der Waals surface area contributed by atoms with Crippen LogP contribution in [-0.4, -0.2) is 51.1 Å². The van der Waals surface area contributed by atoms with E-state index in [1.54, 1.807) is 6.07 Å². The minimum atomic E-state index is -4.25. The first kappa shape index (κ1) is 27.4. The molecule has 1 aromatic heterocycles. The van der Waals surface area contributed by atoms with Gasteiger partial charge in [0.05, 0.1) is 27.5 Å². The molecule has 0 amide bonds. The Hall–Kier alpha value is -2.14. The van der Waals surface area contributed by atoms with E-state index in [0.29, 0.717) is 29.8 Å². The van der Waals surface area contributed by atoms with E-state index in [9.17, 15) is 8.42 Å². The van der Waals surface area contributed by atoms with Crippen LogP contribution < -0.4 is 14.8 Å². The molecule has 3 aromatic rings. The van der Waals surface area contributed by atoms with Crippen molar-refractivity contribution in [3.8, 4) is 5.75 Å². The highest BCUT2D eigenvalue weighted by molar-refractivity contribution is 7.93. The zero-order valence-corrected chi connectivity index (χ0v) is 24.1. The number of hydrogen-bond donors (Lipinski definition) is 2. The molecule has 2 aromatic carbocycles. The van der Waals surface area contributed by atoms with Crippen molar-refractivity contribution in [2.45, 2.75) is 68.3 Å². The van der Waals surface area contributed by atoms with Gasteiger partial charge in [0.25, 0.3) is 10.0 Å². The van der Waals surface area contributed by atoms with E-state index in [2.05, 4.69) is 19.9 Å². The normalized spacial score (nSPS) is 20.8. The zero-order valence-electron chi connectivity index (χ0n) is 21.7. The van der Waals surface area contributed by atoms with E-state index in [1.807, 2.05) is 26.2 Å². The number of rotatable bonds is 9. The monoisotopic (exact) mass is 580 g/mol. The van der Waals surface area contributed by atoms with E-state index < -0.39 is 20.7 Å². The summed E-state index contributed by atoms with van der Waals surface area (Å²) in [7, 11) is -0.192. The van der Waals surface area contributed by atoms with Crippen molar-refractivity contribution in [1.29, 1.82) is 0 Å². The molecule has 2 aliphatic rings. The molecular weight excluding hydrogens is 547 g/mol. The second-order valence-corrected chi connectivity index (χ2v) is 13.6. The van der Waals surface area contributed by atoms with Crippen LogP contribution in [0.4, 0.5) is 15.2 Å². The van der Waals surface area contributed by atoms with E-state index in [0.717, 1.165) is 42.2 Å². The Bertz CT molecular complexity index is 1390. The zero-order chi connectivity index (χ0) is 26.9. The molecule has 0 radical (unpaired) electrons. The van der Waals surface area contributed by atoms with Gasteiger partial charge in [-0.05, 0) is 76.0 Å². The number of nitrogens with one attached hydrogen (secondary N) is 2. The van der Waals surface area contributed by atoms with Gasteiger partial charge in [-0.25, -0.2) is 17.8 Å². The van der Waals surface area contributed by atoms with E-state index in [-0.39, 0.29) is 16.2 Å². The maximum atomic E-state index is 15.1. The average molecular weight is 581 g/mol. The Morgan fingerprint density at radius 1 is 1.11 bits per heavy atom. The van der Waals surface area contributed by atoms with Crippen molar-refractivity contribution in [3.63, 3.8) is 0 Å². The van der Waals surface area contributed by atoms with Gasteiger partial charge in [0.2, 0.25) is 0 Å². The van der Waals surface area contributed by atoms with Crippen molar-refractivity contribution >= 4 is 54.0 Å². The van der Waals surface area contributed by atoms with Gasteiger partial charge in [-0.15, -0.1) is 0 Å². The number of thiazole rings is 1. The molecule has 2 fully saturated rings. The predicted octanol–water partition coefficient (Wildman–Crippen LogP) is 6.74. The summed E-state index contributed by atoms with van der Waals surface area (Å²) in [4.78, 5) is 6.02. The lowest BCUT2D eigenvalue weighted by Crippen LogP contribution is -2.45. The van der Waals surface area contributed by atoms with Gasteiger partial charge in [0, 0.05) is 12.1 Å². The average Bonchev–Trinajstić information content (AvgIpc) is 3.53. The third kappa shape index (κ3) is 6.19. The lowest BCUT2D eigenvalue weighted by Gasteiger charge is -2.37. The number of sulfonamides is 1. The van der Waals surface area contributed by atoms with Gasteiger partial charge in [-0.1, -0.05) is 48.6 Å². The van der Waals surface area contributed by atoms with Gasteiger partial charge in [-0.3, -0.25) is 4.72 Å². The fourth-order valence-corrected chi connectivity index (χ4v) is 8.04. The molecule has 1 heterocycles. The van der Waals surface area contributed by atoms with Crippen LogP contribution >= 0.6 is 22.9 Å². The Labute approximate surface area is 232 Å². The van der Waals surface area contributed by atoms with Crippen LogP contribution in [0.2, 0.25) is 5.02 Å². The summed E-state index contributed by atoms with van der Waals surface area (Å²) in [6, 6.07) is 8.24. The molecule has 5 rings (SSSR count). The fourth-order valence-electron chi connectivity index (χ4n) is 5.54. The first-order valence-corrected chi connectivity index (χ1v) is 15.9. The minimum absolute atomic E-state index is 0.103. The van der Waals surface area contributed by atoms with Crippen molar-refractivity contribution in [3.05, 3.63) is 41.2 Å². The molecule has 7 nitrogen and oxygen atoms in total. The van der Waals surface area contributed by atoms with Crippen LogP contribution in [0, 0.1) is 11.7 Å². The molecule has 2 aliphatic carbocycles. The smallest absolute Gasteiger partial charge is 0.266 e. The van der Waals surface area contributed by atoms with Crippen LogP contribution in [0.3, 0.4) is 0 Å². The van der Waals surface area contributed by atoms with E-state index in [1.165, 1.54) is 43.1 Å². The molecule has 0 saturated heterocycles. The number of hydrogen-bond acceptors (Lipinski definition) is 7. The number of fused-ring (bicyclic) bond motifs is 1. The van der Waals surface area contributed by atoms with Gasteiger partial charge in [-0.2, -0.15) is 0 Å². The van der Waals surface area contributed by atoms with Crippen LogP contribution in [0.25, 0.3) is 10.2 Å². The van der Waals surface area contributed by atoms with Gasteiger partial charge >= 0.3 is 0 Å². The van der Waals surface area contributed by atoms with Crippen LogP contribution in [-0.2, 0) is 10.0 Å². The number of halogens is 2. The number of nitrogens with zero attached hydrogens (tertiary/aromatic N) is 2. The number of aromatic nitrogens is 1. The van der Waals surface area contributed by atoms with Crippen LogP contribution in [0.5, 0.6) is 5.75 Å². The largest absolute Gasteiger partial charge is 0.493 e. The molecule has 206 valence electrons. The van der Waals surface area contributed by atoms with Gasteiger partial charge in [0.15, 0.2) is 5.13 Å². The Balaban J connectivity index is 1.30. The molecule has 0 spiro atoms. The Kier molecular flexibility index (Phi) is 8.33. The topological polar surface area (TPSA) is 83.6 Å². The number of benzene rings is 2. The first-order chi connectivity index (χ1) is 18.2. The molecule has 0 bridgehead atoms. The van der Waals surface area contributed by atoms with Crippen molar-refractivity contribution in [2.24, 2.45) is 5.92 Å². The summed E-state index contributed by atoms with van der Waals surface area (Å²) in [6.45, 7) is 0.686. The Morgan fingerprint density at radius 2 is 1.84 bits per heavy atom. The first-order valence-electron chi connectivity index (χ1n) is 13.2. The van der Waals surface area contributed by atoms with Crippen LogP contribution in [0.1, 0.15) is 51.4 Å². The molecule has 2 N–H and O–H groups in total. The fraction of sp³-hybridized carbons (Fsp3) is 0.519. The highest BCUT2D eigenvalue weighted by Gasteiger charge is 2.29. The molecule has 2 atom stereocenters. The lowest BCUT2D eigenvalue weighted by molar-refractivity contribution is 0.211. The summed E-state index contributed by atoms with van der Waals surface area (Å²) >= 11 is 7.63. The van der Waals surface area contributed by atoms with Crippen molar-refractivity contribution in [2.75, 3.05) is 30.7 Å². The maximum Gasteiger partial charge on any atom is 0.266 e. The van der Waals surface area contributed by atoms with Crippen molar-refractivity contribution < 1.29 is 17.5 Å². The van der Waals surface area contributed by atoms with Gasteiger partial charge in [0.1, 0.15) is 16.5 Å². The molecule has 2 saturated carbocycles. The van der Waals surface area contributed by atoms with E-state index in [4.69, 9.17) is 16.3 Å². The highest BCUT2D eigenvalue weighted by atomic mass is 35.5. The number of likely N-dealkylation sites (N-methyl/N-ethyl adjacent to an activating group) is 1. The lowest BCUT2D eigenvalue weighted by atomic mass is 9.89. The summed E-state index contributed by atoms with van der Waals surface area (Å²) in [5.41, 5.74) is 1.04. The second-order valence-electron chi connectivity index (χ2n) is 10.5. The third-order valence-electron chi connectivity index (χ3n) is 7.59. The summed E-state index contributed by atoms with van der Waals surface area (Å²) in [5, 5.41) is 3.66. The number of anilines is 2. The van der Waals surface area contributed by atoms with Crippen molar-refractivity contribution in [1.82, 2.24) is 9.88 Å². The summed E-state index contributed by atoms with van der Waals surface area (Å²) in [6.07, 6.45) is 9.11. The standard InChI is InChI=1S/C27H34ClFN4O3S2/c1-33(2)24-10-6-5-9-21(24)30-23-15-20(29)26(14-19(23)28)38(34,35)32-27-31-22-12-11-18(13-25(22)37-27)36-16-17-7-3-4-8-17/h11-15,17,21,24,30H,3-10,16H2,1-2H3,(H,31,32)/t21-,24-/m0/s1. The second kappa shape index (κ2) is 11.5. The number of ether oxygens (including phenoxy) is 1. The maximum absolute atomic E-state index is 15.1. The molecule has 11 heteroatoms.